The van der Waals surface area contributed by atoms with Crippen LogP contribution in [0.5, 0.6) is 5.75 Å². The third-order valence-electron chi connectivity index (χ3n) is 5.69. The van der Waals surface area contributed by atoms with Crippen LogP contribution >= 0.6 is 0 Å². The number of halogens is 3. The van der Waals surface area contributed by atoms with Crippen LogP contribution in [-0.2, 0) is 40.0 Å². The fourth-order valence-corrected chi connectivity index (χ4v) is 3.75. The van der Waals surface area contributed by atoms with E-state index in [1.807, 2.05) is 18.2 Å². The second-order valence-electron chi connectivity index (χ2n) is 8.37. The minimum absolute atomic E-state index is 0.0246. The number of benzene rings is 3. The van der Waals surface area contributed by atoms with Crippen molar-refractivity contribution in [2.45, 2.75) is 39.6 Å². The number of phenols is 1. The van der Waals surface area contributed by atoms with Gasteiger partial charge in [0.05, 0.1) is 12.2 Å². The minimum atomic E-state index is -4.59. The van der Waals surface area contributed by atoms with Gasteiger partial charge in [-0.1, -0.05) is 42.5 Å². The van der Waals surface area contributed by atoms with Crippen molar-refractivity contribution in [3.63, 3.8) is 0 Å². The van der Waals surface area contributed by atoms with Crippen LogP contribution < -0.4 is 0 Å². The van der Waals surface area contributed by atoms with Gasteiger partial charge in [-0.15, -0.1) is 0 Å². The molecule has 0 aromatic heterocycles. The van der Waals surface area contributed by atoms with Gasteiger partial charge in [0, 0.05) is 32.0 Å². The van der Waals surface area contributed by atoms with Crippen molar-refractivity contribution in [3.8, 4) is 16.9 Å². The first-order chi connectivity index (χ1) is 17.6. The molecule has 0 aliphatic heterocycles. The summed E-state index contributed by atoms with van der Waals surface area (Å²) >= 11 is 0. The predicted molar refractivity (Wildman–Crippen MR) is 132 cm³/mol. The number of ether oxygens (including phenoxy) is 2. The Morgan fingerprint density at radius 1 is 0.919 bits per heavy atom. The predicted octanol–water partition coefficient (Wildman–Crippen LogP) is 6.34. The van der Waals surface area contributed by atoms with Crippen molar-refractivity contribution < 1.29 is 37.3 Å². The number of alkyl halides is 3. The largest absolute Gasteiger partial charge is 0.507 e. The number of hydrogen-bond acceptors (Lipinski definition) is 5. The number of carbonyl (C=O) groups excluding carboxylic acids is 2. The Balaban J connectivity index is 1.92. The molecule has 0 unspecified atom stereocenters. The van der Waals surface area contributed by atoms with Gasteiger partial charge in [-0.2, -0.15) is 13.2 Å². The number of hydrogen-bond donors (Lipinski definition) is 1. The van der Waals surface area contributed by atoms with E-state index >= 15 is 0 Å². The van der Waals surface area contributed by atoms with Gasteiger partial charge in [0.25, 0.3) is 0 Å². The number of nitrogens with zero attached hydrogens (tertiary/aromatic N) is 1. The smallest absolute Gasteiger partial charge is 0.416 e. The zero-order chi connectivity index (χ0) is 27.0. The number of rotatable bonds is 9. The Morgan fingerprint density at radius 3 is 2.30 bits per heavy atom. The zero-order valence-electron chi connectivity index (χ0n) is 20.5. The molecule has 9 heteroatoms. The molecule has 0 saturated carbocycles. The van der Waals surface area contributed by atoms with Crippen LogP contribution in [0.15, 0.2) is 66.7 Å². The van der Waals surface area contributed by atoms with E-state index in [1.54, 1.807) is 31.2 Å². The highest BCUT2D eigenvalue weighted by Crippen LogP contribution is 2.37. The van der Waals surface area contributed by atoms with E-state index in [0.717, 1.165) is 23.3 Å². The van der Waals surface area contributed by atoms with Gasteiger partial charge in [-0.25, -0.2) is 4.79 Å². The third-order valence-corrected chi connectivity index (χ3v) is 5.69. The topological polar surface area (TPSA) is 76.1 Å². The van der Waals surface area contributed by atoms with Crippen LogP contribution in [0.2, 0.25) is 0 Å². The number of carbonyl (C=O) groups is 2. The van der Waals surface area contributed by atoms with E-state index in [9.17, 15) is 27.9 Å². The van der Waals surface area contributed by atoms with Crippen LogP contribution in [-0.4, -0.2) is 35.2 Å². The lowest BCUT2D eigenvalue weighted by Crippen LogP contribution is -2.31. The van der Waals surface area contributed by atoms with Crippen molar-refractivity contribution in [1.29, 1.82) is 0 Å². The molecule has 0 fully saturated rings. The first kappa shape index (κ1) is 27.6. The summed E-state index contributed by atoms with van der Waals surface area (Å²) in [6.45, 7) is 3.16. The van der Waals surface area contributed by atoms with Gasteiger partial charge in [-0.05, 0) is 53.4 Å². The molecule has 6 nitrogen and oxygen atoms in total. The molecule has 0 radical (unpaired) electrons. The monoisotopic (exact) mass is 515 g/mol. The van der Waals surface area contributed by atoms with E-state index in [0.29, 0.717) is 17.5 Å². The summed E-state index contributed by atoms with van der Waals surface area (Å²) in [7, 11) is 0. The van der Waals surface area contributed by atoms with Crippen molar-refractivity contribution in [2.75, 3.05) is 13.2 Å². The van der Waals surface area contributed by atoms with E-state index in [2.05, 4.69) is 0 Å². The molecule has 196 valence electrons. The Hall–Kier alpha value is -4.01. The lowest BCUT2D eigenvalue weighted by Gasteiger charge is -2.23. The number of esters is 1. The quantitative estimate of drug-likeness (QED) is 0.337. The van der Waals surface area contributed by atoms with E-state index in [4.69, 9.17) is 9.47 Å². The summed E-state index contributed by atoms with van der Waals surface area (Å²) in [4.78, 5) is 25.1. The molecule has 0 aliphatic carbocycles. The molecule has 1 N–H and O–H groups in total. The summed E-state index contributed by atoms with van der Waals surface area (Å²) in [5.41, 5.74) is 1.47. The first-order valence-electron chi connectivity index (χ1n) is 11.7. The lowest BCUT2D eigenvalue weighted by molar-refractivity contribution is -0.141. The van der Waals surface area contributed by atoms with Gasteiger partial charge >= 0.3 is 18.2 Å². The molecule has 0 spiro atoms. The summed E-state index contributed by atoms with van der Waals surface area (Å²) in [5, 5.41) is 10.6. The van der Waals surface area contributed by atoms with E-state index < -0.39 is 23.8 Å². The van der Waals surface area contributed by atoms with Crippen molar-refractivity contribution in [3.05, 3.63) is 89.0 Å². The van der Waals surface area contributed by atoms with Gasteiger partial charge in [-0.3, -0.25) is 4.79 Å². The SMILES string of the molecule is CCN(Cc1cc(C(F)(F)F)ccc1-c1cc(CCOC(C)=O)ccc1O)C(=O)OCc1ccccc1. The summed E-state index contributed by atoms with van der Waals surface area (Å²) < 4.78 is 51.0. The number of amides is 1. The molecule has 0 saturated heterocycles. The highest BCUT2D eigenvalue weighted by Gasteiger charge is 2.31. The minimum Gasteiger partial charge on any atom is -0.507 e. The molecule has 3 aromatic rings. The maximum atomic E-state index is 13.5. The van der Waals surface area contributed by atoms with Crippen LogP contribution in [0.3, 0.4) is 0 Å². The average molecular weight is 516 g/mol. The highest BCUT2D eigenvalue weighted by atomic mass is 19.4. The highest BCUT2D eigenvalue weighted by molar-refractivity contribution is 5.75. The standard InChI is InChI=1S/C28H28F3NO5/c1-3-32(27(35)37-18-21-7-5-4-6-8-21)17-22-16-23(28(29,30)31)10-11-24(22)25-15-20(9-12-26(25)34)13-14-36-19(2)33/h4-12,15-16,34H,3,13-14,17-18H2,1-2H3. The van der Waals surface area contributed by atoms with E-state index in [1.165, 1.54) is 24.0 Å². The second-order valence-corrected chi connectivity index (χ2v) is 8.37. The van der Waals surface area contributed by atoms with Gasteiger partial charge in [0.1, 0.15) is 12.4 Å². The summed E-state index contributed by atoms with van der Waals surface area (Å²) in [6.07, 6.45) is -4.91. The normalized spacial score (nSPS) is 11.2. The maximum absolute atomic E-state index is 13.5. The maximum Gasteiger partial charge on any atom is 0.416 e. The molecule has 37 heavy (non-hydrogen) atoms. The molecular weight excluding hydrogens is 487 g/mol. The second kappa shape index (κ2) is 12.3. The average Bonchev–Trinajstić information content (AvgIpc) is 2.86. The molecule has 0 aliphatic rings. The van der Waals surface area contributed by atoms with Crippen LogP contribution in [0, 0.1) is 0 Å². The number of aromatic hydroxyl groups is 1. The lowest BCUT2D eigenvalue weighted by atomic mass is 9.94. The Labute approximate surface area is 213 Å². The Morgan fingerprint density at radius 2 is 1.65 bits per heavy atom. The van der Waals surface area contributed by atoms with Crippen LogP contribution in [0.25, 0.3) is 11.1 Å². The molecule has 0 heterocycles. The molecular formula is C28H28F3NO5. The summed E-state index contributed by atoms with van der Waals surface area (Å²) in [6, 6.07) is 17.0. The molecule has 1 amide bonds. The summed E-state index contributed by atoms with van der Waals surface area (Å²) in [5.74, 6) is -0.560. The Bertz CT molecular complexity index is 1230. The molecule has 3 aromatic carbocycles. The molecule has 0 atom stereocenters. The van der Waals surface area contributed by atoms with Gasteiger partial charge in [0.15, 0.2) is 0 Å². The van der Waals surface area contributed by atoms with Crippen LogP contribution in [0.4, 0.5) is 18.0 Å². The van der Waals surface area contributed by atoms with Crippen LogP contribution in [0.1, 0.15) is 36.1 Å². The van der Waals surface area contributed by atoms with Gasteiger partial charge < -0.3 is 19.5 Å². The fourth-order valence-electron chi connectivity index (χ4n) is 3.75. The van der Waals surface area contributed by atoms with Crippen molar-refractivity contribution >= 4 is 12.1 Å². The first-order valence-corrected chi connectivity index (χ1v) is 11.7. The van der Waals surface area contributed by atoms with E-state index in [-0.39, 0.29) is 37.6 Å². The Kier molecular flexibility index (Phi) is 9.16. The third kappa shape index (κ3) is 7.73. The number of phenolic OH excluding ortho intramolecular Hbond substituents is 1. The fraction of sp³-hybridized carbons (Fsp3) is 0.286. The zero-order valence-corrected chi connectivity index (χ0v) is 20.5. The van der Waals surface area contributed by atoms with Crippen molar-refractivity contribution in [2.24, 2.45) is 0 Å². The van der Waals surface area contributed by atoms with Gasteiger partial charge in [0.2, 0.25) is 0 Å². The van der Waals surface area contributed by atoms with Crippen molar-refractivity contribution in [1.82, 2.24) is 4.90 Å². The molecule has 0 bridgehead atoms. The molecule has 3 rings (SSSR count).